The molecule has 0 amide bonds. The fourth-order valence-corrected chi connectivity index (χ4v) is 12.6. The molecular formula is C50H102O7S2. The summed E-state index contributed by atoms with van der Waals surface area (Å²) >= 11 is 0. The van der Waals surface area contributed by atoms with E-state index in [4.69, 9.17) is 14.2 Å². The second-order valence-corrected chi connectivity index (χ2v) is 22.7. The fraction of sp³-hybridized carbons (Fsp3) is 1.00. The van der Waals surface area contributed by atoms with Gasteiger partial charge in [-0.3, -0.25) is 0 Å². The van der Waals surface area contributed by atoms with E-state index in [0.29, 0.717) is 52.1 Å². The third-order valence-corrected chi connectivity index (χ3v) is 17.1. The highest BCUT2D eigenvalue weighted by molar-refractivity contribution is 7.92. The number of hydrogen-bond acceptors (Lipinski definition) is 7. The molecule has 0 bridgehead atoms. The Morgan fingerprint density at radius 3 is 0.864 bits per heavy atom. The molecule has 0 aliphatic rings. The Balaban J connectivity index is 4.66. The lowest BCUT2D eigenvalue weighted by molar-refractivity contribution is 0.0240. The van der Waals surface area contributed by atoms with Crippen LogP contribution in [-0.2, 0) is 33.9 Å². The molecule has 0 aromatic heterocycles. The molecule has 0 aromatic rings. The summed E-state index contributed by atoms with van der Waals surface area (Å²) in [4.78, 5) is 0. The summed E-state index contributed by atoms with van der Waals surface area (Å²) in [6, 6.07) is 0. The van der Waals surface area contributed by atoms with Gasteiger partial charge in [-0.15, -0.1) is 0 Å². The predicted molar refractivity (Wildman–Crippen MR) is 256 cm³/mol. The molecule has 0 saturated heterocycles. The predicted octanol–water partition coefficient (Wildman–Crippen LogP) is 14.7. The van der Waals surface area contributed by atoms with Crippen LogP contribution in [0.15, 0.2) is 0 Å². The Labute approximate surface area is 369 Å². The average molecular weight is 879 g/mol. The van der Waals surface area contributed by atoms with Crippen LogP contribution < -0.4 is 0 Å². The van der Waals surface area contributed by atoms with Gasteiger partial charge in [-0.1, -0.05) is 207 Å². The summed E-state index contributed by atoms with van der Waals surface area (Å²) < 4.78 is 72.5. The molecule has 356 valence electrons. The smallest absolute Gasteiger partial charge is 0.155 e. The van der Waals surface area contributed by atoms with E-state index in [1.165, 1.54) is 116 Å². The molecule has 9 heteroatoms. The largest absolute Gasteiger partial charge is 0.381 e. The zero-order valence-corrected chi connectivity index (χ0v) is 41.9. The third-order valence-electron chi connectivity index (χ3n) is 12.3. The summed E-state index contributed by atoms with van der Waals surface area (Å²) in [5, 5.41) is -0.886. The van der Waals surface area contributed by atoms with Crippen molar-refractivity contribution in [1.29, 1.82) is 0 Å². The molecule has 0 aromatic carbocycles. The van der Waals surface area contributed by atoms with Crippen LogP contribution in [0, 0.1) is 0 Å². The Morgan fingerprint density at radius 1 is 0.322 bits per heavy atom. The summed E-state index contributed by atoms with van der Waals surface area (Å²) in [7, 11) is -6.46. The van der Waals surface area contributed by atoms with Crippen LogP contribution in [0.2, 0.25) is 0 Å². The first-order chi connectivity index (χ1) is 28.6. The lowest BCUT2D eigenvalue weighted by atomic mass is 10.1. The van der Waals surface area contributed by atoms with Gasteiger partial charge in [0, 0.05) is 26.4 Å². The lowest BCUT2D eigenvalue weighted by Crippen LogP contribution is -2.36. The zero-order valence-electron chi connectivity index (χ0n) is 40.3. The van der Waals surface area contributed by atoms with Crippen molar-refractivity contribution < 1.29 is 31.0 Å². The molecule has 7 nitrogen and oxygen atoms in total. The third kappa shape index (κ3) is 34.9. The van der Waals surface area contributed by atoms with Crippen LogP contribution in [-0.4, -0.2) is 77.5 Å². The van der Waals surface area contributed by atoms with Gasteiger partial charge in [-0.2, -0.15) is 0 Å². The maximum absolute atomic E-state index is 13.6. The van der Waals surface area contributed by atoms with Crippen LogP contribution in [0.25, 0.3) is 0 Å². The first-order valence-electron chi connectivity index (χ1n) is 25.8. The molecule has 0 fully saturated rings. The van der Waals surface area contributed by atoms with Gasteiger partial charge < -0.3 is 14.2 Å². The van der Waals surface area contributed by atoms with E-state index in [-0.39, 0.29) is 23.7 Å². The topological polar surface area (TPSA) is 96.0 Å². The number of rotatable bonds is 48. The second-order valence-electron chi connectivity index (χ2n) is 18.1. The van der Waals surface area contributed by atoms with Gasteiger partial charge >= 0.3 is 0 Å². The average Bonchev–Trinajstić information content (AvgIpc) is 3.20. The van der Waals surface area contributed by atoms with Crippen molar-refractivity contribution in [3.8, 4) is 0 Å². The van der Waals surface area contributed by atoms with Crippen LogP contribution in [0.1, 0.15) is 260 Å². The quantitative estimate of drug-likeness (QED) is 0.0562. The number of hydrogen-bond donors (Lipinski definition) is 0. The molecule has 0 rings (SSSR count). The molecule has 0 N–H and O–H groups in total. The lowest BCUT2D eigenvalue weighted by Gasteiger charge is -2.25. The van der Waals surface area contributed by atoms with Crippen molar-refractivity contribution >= 4 is 19.7 Å². The number of unbranched alkanes of at least 4 members (excludes halogenated alkanes) is 26. The Hall–Kier alpha value is -0.220. The monoisotopic (exact) mass is 879 g/mol. The number of ether oxygens (including phenoxy) is 3. The van der Waals surface area contributed by atoms with Crippen molar-refractivity contribution in [3.63, 3.8) is 0 Å². The van der Waals surface area contributed by atoms with Gasteiger partial charge in [0.1, 0.15) is 0 Å². The molecule has 0 radical (unpaired) electrons. The maximum Gasteiger partial charge on any atom is 0.155 e. The van der Waals surface area contributed by atoms with Crippen molar-refractivity contribution in [2.24, 2.45) is 0 Å². The summed E-state index contributed by atoms with van der Waals surface area (Å²) in [6.45, 7) is 14.8. The van der Waals surface area contributed by atoms with Crippen molar-refractivity contribution in [2.45, 2.75) is 283 Å². The summed E-state index contributed by atoms with van der Waals surface area (Å²) in [5.41, 5.74) is 0. The summed E-state index contributed by atoms with van der Waals surface area (Å²) in [6.07, 6.45) is 37.1. The Bertz CT molecular complexity index is 997. The highest BCUT2D eigenvalue weighted by Gasteiger charge is 2.32. The van der Waals surface area contributed by atoms with E-state index in [2.05, 4.69) is 27.7 Å². The fourth-order valence-electron chi connectivity index (χ4n) is 8.37. The van der Waals surface area contributed by atoms with Crippen LogP contribution in [0.3, 0.4) is 0 Å². The Morgan fingerprint density at radius 2 is 0.576 bits per heavy atom. The van der Waals surface area contributed by atoms with E-state index in [0.717, 1.165) is 77.0 Å². The standard InChI is InChI=1S/C50H102O7S2/c1-7-11-15-19-21-23-25-27-31-35-45-58(51,52)49(39-33-29-17-13-9-3)47(5)56-43-37-41-55-42-38-44-57-48(6)50(40-34-30-18-14-10-4)59(53,54)46-36-32-28-26-24-22-20-16-12-8-2/h47-50H,7-46H2,1-6H3. The van der Waals surface area contributed by atoms with Crippen LogP contribution in [0.4, 0.5) is 0 Å². The van der Waals surface area contributed by atoms with Crippen LogP contribution in [0.5, 0.6) is 0 Å². The van der Waals surface area contributed by atoms with Gasteiger partial charge in [-0.05, 0) is 52.4 Å². The van der Waals surface area contributed by atoms with Gasteiger partial charge in [0.25, 0.3) is 0 Å². The van der Waals surface area contributed by atoms with Crippen molar-refractivity contribution in [2.75, 3.05) is 37.9 Å². The maximum atomic E-state index is 13.6. The minimum atomic E-state index is -3.23. The minimum absolute atomic E-state index is 0.269. The highest BCUT2D eigenvalue weighted by atomic mass is 32.2. The van der Waals surface area contributed by atoms with Crippen molar-refractivity contribution in [1.82, 2.24) is 0 Å². The normalized spacial score (nSPS) is 14.5. The molecule has 0 heterocycles. The molecule has 0 saturated carbocycles. The van der Waals surface area contributed by atoms with E-state index >= 15 is 0 Å². The van der Waals surface area contributed by atoms with Gasteiger partial charge in [0.05, 0.1) is 34.2 Å². The molecule has 4 atom stereocenters. The van der Waals surface area contributed by atoms with Crippen molar-refractivity contribution in [3.05, 3.63) is 0 Å². The number of sulfone groups is 2. The molecule has 0 aliphatic heterocycles. The molecule has 4 unspecified atom stereocenters. The molecule has 0 spiro atoms. The molecule has 59 heavy (non-hydrogen) atoms. The minimum Gasteiger partial charge on any atom is -0.381 e. The molecular weight excluding hydrogens is 777 g/mol. The molecule has 0 aliphatic carbocycles. The summed E-state index contributed by atoms with van der Waals surface area (Å²) in [5.74, 6) is 0.539. The second kappa shape index (κ2) is 41.8. The van der Waals surface area contributed by atoms with E-state index < -0.39 is 30.2 Å². The zero-order chi connectivity index (χ0) is 43.7. The van der Waals surface area contributed by atoms with Gasteiger partial charge in [-0.25, -0.2) is 16.8 Å². The van der Waals surface area contributed by atoms with Gasteiger partial charge in [0.2, 0.25) is 0 Å². The van der Waals surface area contributed by atoms with Gasteiger partial charge in [0.15, 0.2) is 19.7 Å². The van der Waals surface area contributed by atoms with Crippen LogP contribution >= 0.6 is 0 Å². The van der Waals surface area contributed by atoms with E-state index in [9.17, 15) is 16.8 Å². The Kier molecular flexibility index (Phi) is 41.6. The first kappa shape index (κ1) is 58.8. The highest BCUT2D eigenvalue weighted by Crippen LogP contribution is 2.23. The SMILES string of the molecule is CCCCCCCCCCCCS(=O)(=O)C(CCCCCCC)C(C)OCCCOCCCOC(C)C(CCCCCCC)S(=O)(=O)CCCCCCCCCCCC. The van der Waals surface area contributed by atoms with E-state index in [1.807, 2.05) is 13.8 Å². The first-order valence-corrected chi connectivity index (χ1v) is 29.2. The van der Waals surface area contributed by atoms with E-state index in [1.54, 1.807) is 0 Å².